The topological polar surface area (TPSA) is 166 Å². The average molecular weight is 296 g/mol. The van der Waals surface area contributed by atoms with Gasteiger partial charge in [0.05, 0.1) is 12.9 Å². The van der Waals surface area contributed by atoms with Gasteiger partial charge in [0.25, 0.3) is 0 Å². The molecule has 3 rings (SSSR count). The van der Waals surface area contributed by atoms with Gasteiger partial charge in [0, 0.05) is 0 Å². The van der Waals surface area contributed by atoms with E-state index in [1.54, 1.807) is 0 Å². The number of fused-ring (bicyclic) bond motifs is 1. The van der Waals surface area contributed by atoms with Crippen molar-refractivity contribution in [3.8, 4) is 0 Å². The SMILES string of the molecule is CC1(O)[C@@H](O)[C@@H](CO)O[C@H]1n1cnc2c(N)nc(N)nc21. The van der Waals surface area contributed by atoms with Crippen LogP contribution in [0.15, 0.2) is 6.33 Å². The highest BCUT2D eigenvalue weighted by molar-refractivity contribution is 5.82. The monoisotopic (exact) mass is 296 g/mol. The lowest BCUT2D eigenvalue weighted by Gasteiger charge is -2.27. The van der Waals surface area contributed by atoms with Crippen LogP contribution in [-0.2, 0) is 4.74 Å². The van der Waals surface area contributed by atoms with Crippen LogP contribution in [0.3, 0.4) is 0 Å². The van der Waals surface area contributed by atoms with Gasteiger partial charge in [-0.15, -0.1) is 0 Å². The zero-order valence-corrected chi connectivity index (χ0v) is 11.2. The molecule has 0 spiro atoms. The van der Waals surface area contributed by atoms with E-state index in [1.165, 1.54) is 17.8 Å². The van der Waals surface area contributed by atoms with Gasteiger partial charge in [-0.3, -0.25) is 4.57 Å². The molecule has 2 aromatic heterocycles. The van der Waals surface area contributed by atoms with Crippen molar-refractivity contribution in [1.82, 2.24) is 19.5 Å². The van der Waals surface area contributed by atoms with Crippen LogP contribution in [0.4, 0.5) is 11.8 Å². The van der Waals surface area contributed by atoms with Crippen LogP contribution in [0.2, 0.25) is 0 Å². The molecule has 1 unspecified atom stereocenters. The Bertz CT molecular complexity index is 687. The molecule has 10 nitrogen and oxygen atoms in total. The Hall–Kier alpha value is -2.01. The van der Waals surface area contributed by atoms with Gasteiger partial charge in [0.15, 0.2) is 17.7 Å². The third kappa shape index (κ3) is 1.92. The number of aliphatic hydroxyl groups is 3. The van der Waals surface area contributed by atoms with Crippen molar-refractivity contribution in [3.63, 3.8) is 0 Å². The van der Waals surface area contributed by atoms with Crippen LogP contribution in [-0.4, -0.2) is 59.3 Å². The van der Waals surface area contributed by atoms with Crippen molar-refractivity contribution < 1.29 is 20.1 Å². The van der Waals surface area contributed by atoms with E-state index in [0.717, 1.165) is 0 Å². The number of imidazole rings is 1. The minimum absolute atomic E-state index is 0.0429. The summed E-state index contributed by atoms with van der Waals surface area (Å²) in [6.45, 7) is 0.970. The van der Waals surface area contributed by atoms with E-state index >= 15 is 0 Å². The van der Waals surface area contributed by atoms with Crippen molar-refractivity contribution in [3.05, 3.63) is 6.33 Å². The third-order valence-electron chi connectivity index (χ3n) is 3.65. The van der Waals surface area contributed by atoms with E-state index < -0.39 is 30.6 Å². The molecular formula is C11H16N6O4. The number of rotatable bonds is 2. The lowest BCUT2D eigenvalue weighted by atomic mass is 9.96. The minimum Gasteiger partial charge on any atom is -0.394 e. The molecular weight excluding hydrogens is 280 g/mol. The molecule has 1 saturated heterocycles. The van der Waals surface area contributed by atoms with E-state index in [9.17, 15) is 15.3 Å². The summed E-state index contributed by atoms with van der Waals surface area (Å²) in [6, 6.07) is 0. The molecule has 3 heterocycles. The number of hydrogen-bond donors (Lipinski definition) is 5. The summed E-state index contributed by atoms with van der Waals surface area (Å²) >= 11 is 0. The summed E-state index contributed by atoms with van der Waals surface area (Å²) in [4.78, 5) is 11.9. The van der Waals surface area contributed by atoms with Crippen molar-refractivity contribution in [2.75, 3.05) is 18.1 Å². The first-order valence-corrected chi connectivity index (χ1v) is 6.28. The molecule has 7 N–H and O–H groups in total. The maximum Gasteiger partial charge on any atom is 0.224 e. The largest absolute Gasteiger partial charge is 0.394 e. The molecule has 4 atom stereocenters. The number of ether oxygens (including phenoxy) is 1. The molecule has 10 heteroatoms. The quantitative estimate of drug-likeness (QED) is 0.421. The third-order valence-corrected chi connectivity index (χ3v) is 3.65. The van der Waals surface area contributed by atoms with E-state index in [4.69, 9.17) is 16.2 Å². The maximum absolute atomic E-state index is 10.5. The molecule has 1 fully saturated rings. The zero-order chi connectivity index (χ0) is 15.4. The van der Waals surface area contributed by atoms with Gasteiger partial charge >= 0.3 is 0 Å². The van der Waals surface area contributed by atoms with Crippen LogP contribution in [0.25, 0.3) is 11.2 Å². The Morgan fingerprint density at radius 2 is 2.14 bits per heavy atom. The molecule has 0 aliphatic carbocycles. The first-order valence-electron chi connectivity index (χ1n) is 6.28. The molecule has 0 bridgehead atoms. The number of aromatic nitrogens is 4. The average Bonchev–Trinajstić information content (AvgIpc) is 2.91. The number of nitrogens with zero attached hydrogens (tertiary/aromatic N) is 4. The normalized spacial score (nSPS) is 32.9. The van der Waals surface area contributed by atoms with Crippen LogP contribution in [0, 0.1) is 0 Å². The summed E-state index contributed by atoms with van der Waals surface area (Å²) in [5.41, 5.74) is 10.2. The first kappa shape index (κ1) is 13.9. The second-order valence-corrected chi connectivity index (χ2v) is 5.17. The fourth-order valence-electron chi connectivity index (χ4n) is 2.52. The van der Waals surface area contributed by atoms with Crippen LogP contribution in [0.1, 0.15) is 13.2 Å². The fraction of sp³-hybridized carbons (Fsp3) is 0.545. The Morgan fingerprint density at radius 3 is 2.76 bits per heavy atom. The van der Waals surface area contributed by atoms with Gasteiger partial charge < -0.3 is 31.5 Å². The van der Waals surface area contributed by atoms with Crippen molar-refractivity contribution in [1.29, 1.82) is 0 Å². The number of aliphatic hydroxyl groups excluding tert-OH is 2. The molecule has 0 amide bonds. The highest BCUT2D eigenvalue weighted by Gasteiger charge is 2.53. The highest BCUT2D eigenvalue weighted by Crippen LogP contribution is 2.39. The van der Waals surface area contributed by atoms with E-state index in [0.29, 0.717) is 5.52 Å². The van der Waals surface area contributed by atoms with E-state index in [-0.39, 0.29) is 17.4 Å². The summed E-state index contributed by atoms with van der Waals surface area (Å²) in [5.74, 6) is 0.0618. The van der Waals surface area contributed by atoms with Crippen molar-refractivity contribution >= 4 is 22.9 Å². The molecule has 114 valence electrons. The lowest BCUT2D eigenvalue weighted by molar-refractivity contribution is -0.0950. The molecule has 0 radical (unpaired) electrons. The van der Waals surface area contributed by atoms with Gasteiger partial charge in [-0.25, -0.2) is 4.98 Å². The zero-order valence-electron chi connectivity index (χ0n) is 11.2. The van der Waals surface area contributed by atoms with Crippen LogP contribution < -0.4 is 11.5 Å². The smallest absolute Gasteiger partial charge is 0.224 e. The number of hydrogen-bond acceptors (Lipinski definition) is 9. The van der Waals surface area contributed by atoms with Crippen molar-refractivity contribution in [2.45, 2.75) is 31.0 Å². The minimum atomic E-state index is -1.64. The number of nitrogens with two attached hydrogens (primary N) is 2. The van der Waals surface area contributed by atoms with Crippen molar-refractivity contribution in [2.24, 2.45) is 0 Å². The van der Waals surface area contributed by atoms with E-state index in [2.05, 4.69) is 15.0 Å². The van der Waals surface area contributed by atoms with Gasteiger partial charge in [0.1, 0.15) is 23.3 Å². The van der Waals surface area contributed by atoms with Gasteiger partial charge in [0.2, 0.25) is 5.95 Å². The number of nitrogen functional groups attached to an aromatic ring is 2. The molecule has 1 aliphatic rings. The maximum atomic E-state index is 10.5. The Kier molecular flexibility index (Phi) is 2.99. The Morgan fingerprint density at radius 1 is 1.43 bits per heavy atom. The summed E-state index contributed by atoms with van der Waals surface area (Å²) < 4.78 is 6.91. The van der Waals surface area contributed by atoms with Gasteiger partial charge in [-0.05, 0) is 6.92 Å². The molecule has 2 aromatic rings. The first-order chi connectivity index (χ1) is 9.86. The highest BCUT2D eigenvalue weighted by atomic mass is 16.6. The predicted octanol–water partition coefficient (Wildman–Crippen LogP) is -2.01. The van der Waals surface area contributed by atoms with Gasteiger partial charge in [-0.1, -0.05) is 0 Å². The van der Waals surface area contributed by atoms with Gasteiger partial charge in [-0.2, -0.15) is 9.97 Å². The summed E-state index contributed by atoms with van der Waals surface area (Å²) in [6.07, 6.45) is -1.82. The summed E-state index contributed by atoms with van der Waals surface area (Å²) in [5, 5.41) is 29.7. The molecule has 1 aliphatic heterocycles. The molecule has 0 aromatic carbocycles. The predicted molar refractivity (Wildman–Crippen MR) is 71.8 cm³/mol. The second-order valence-electron chi connectivity index (χ2n) is 5.17. The Balaban J connectivity index is 2.13. The summed E-state index contributed by atoms with van der Waals surface area (Å²) in [7, 11) is 0. The lowest BCUT2D eigenvalue weighted by Crippen LogP contribution is -2.44. The van der Waals surface area contributed by atoms with Crippen LogP contribution >= 0.6 is 0 Å². The second kappa shape index (κ2) is 4.49. The Labute approximate surface area is 119 Å². The molecule has 0 saturated carbocycles. The van der Waals surface area contributed by atoms with E-state index in [1.807, 2.05) is 0 Å². The van der Waals surface area contributed by atoms with Crippen LogP contribution in [0.5, 0.6) is 0 Å². The molecule has 21 heavy (non-hydrogen) atoms. The standard InChI is InChI=1S/C11H16N6O4/c1-11(20)6(19)4(2-18)21-9(11)17-3-14-5-7(12)15-10(13)16-8(5)17/h3-4,6,9,18-20H,2H2,1H3,(H4,12,13,15,16)/t4-,6+,9-,11?/m1/s1. The fourth-order valence-corrected chi connectivity index (χ4v) is 2.52. The number of anilines is 2.